The number of esters is 2. The van der Waals surface area contributed by atoms with E-state index in [9.17, 15) is 24.6 Å². The van der Waals surface area contributed by atoms with Gasteiger partial charge in [-0.1, -0.05) is 37.4 Å². The Labute approximate surface area is 163 Å². The number of aliphatic hydroxyl groups is 1. The number of aromatic hydroxyl groups is 1. The maximum absolute atomic E-state index is 12.8. The first-order chi connectivity index (χ1) is 13.2. The minimum Gasteiger partial charge on any atom is -0.508 e. The first-order valence-corrected chi connectivity index (χ1v) is 8.82. The molecule has 0 heterocycles. The molecule has 0 radical (unpaired) electrons. The number of carbonyl (C=O) groups excluding carboxylic acids is 3. The fourth-order valence-corrected chi connectivity index (χ4v) is 3.61. The van der Waals surface area contributed by atoms with E-state index in [1.54, 1.807) is 6.07 Å². The van der Waals surface area contributed by atoms with E-state index in [0.29, 0.717) is 5.56 Å². The van der Waals surface area contributed by atoms with Gasteiger partial charge >= 0.3 is 11.9 Å². The molecule has 1 aliphatic rings. The number of hydrogen-bond acceptors (Lipinski definition) is 7. The number of ether oxygens (including phenoxy) is 2. The minimum absolute atomic E-state index is 0.0856. The van der Waals surface area contributed by atoms with Gasteiger partial charge in [-0.3, -0.25) is 14.4 Å². The lowest BCUT2D eigenvalue weighted by Gasteiger charge is -2.43. The Kier molecular flexibility index (Phi) is 6.75. The molecule has 1 fully saturated rings. The number of carbonyl (C=O) groups is 3. The summed E-state index contributed by atoms with van der Waals surface area (Å²) in [6, 6.07) is 5.86. The molecular weight excluding hydrogens is 364 g/mol. The molecule has 0 unspecified atom stereocenters. The van der Waals surface area contributed by atoms with Crippen LogP contribution in [0.1, 0.15) is 24.8 Å². The standard InChI is InChI=1S/C21H24O7/c1-4-9-27-19(24)17-15(23)12-21(3,26)18(20(25)28-10-5-2)16(17)13-7-6-8-14(22)11-13/h4-8,11,16-18,22,26H,1-2,9-10,12H2,3H3/t16-,17+,18-,21-/m0/s1. The zero-order valence-corrected chi connectivity index (χ0v) is 15.7. The molecule has 0 spiro atoms. The SMILES string of the molecule is C=CCOC(=O)[C@@H]1C(=O)C[C@](C)(O)[C@H](C(=O)OCC=C)[C@H]1c1cccc(O)c1. The van der Waals surface area contributed by atoms with Gasteiger partial charge in [0.2, 0.25) is 0 Å². The molecule has 7 nitrogen and oxygen atoms in total. The van der Waals surface area contributed by atoms with Gasteiger partial charge in [-0.15, -0.1) is 0 Å². The van der Waals surface area contributed by atoms with Crippen LogP contribution in [0.5, 0.6) is 5.75 Å². The summed E-state index contributed by atoms with van der Waals surface area (Å²) in [6.07, 6.45) is 2.32. The third kappa shape index (κ3) is 4.48. The van der Waals surface area contributed by atoms with Crippen molar-refractivity contribution in [3.8, 4) is 5.75 Å². The zero-order chi connectivity index (χ0) is 20.9. The highest BCUT2D eigenvalue weighted by molar-refractivity contribution is 6.02. The van der Waals surface area contributed by atoms with Crippen molar-refractivity contribution >= 4 is 17.7 Å². The monoisotopic (exact) mass is 388 g/mol. The predicted molar refractivity (Wildman–Crippen MR) is 100 cm³/mol. The molecule has 7 heteroatoms. The third-order valence-corrected chi connectivity index (χ3v) is 4.72. The predicted octanol–water partition coefficient (Wildman–Crippen LogP) is 1.89. The van der Waals surface area contributed by atoms with Crippen molar-refractivity contribution < 1.29 is 34.1 Å². The molecule has 1 aliphatic carbocycles. The van der Waals surface area contributed by atoms with Crippen molar-refractivity contribution in [2.45, 2.75) is 24.9 Å². The molecule has 2 N–H and O–H groups in total. The number of phenolic OH excluding ortho intramolecular Hbond substituents is 1. The first-order valence-electron chi connectivity index (χ1n) is 8.82. The van der Waals surface area contributed by atoms with Gasteiger partial charge in [0.1, 0.15) is 24.9 Å². The Morgan fingerprint density at radius 3 is 2.39 bits per heavy atom. The average molecular weight is 388 g/mol. The van der Waals surface area contributed by atoms with E-state index in [0.717, 1.165) is 0 Å². The fourth-order valence-electron chi connectivity index (χ4n) is 3.61. The van der Waals surface area contributed by atoms with Gasteiger partial charge in [-0.25, -0.2) is 0 Å². The maximum atomic E-state index is 12.8. The fraction of sp³-hybridized carbons (Fsp3) is 0.381. The zero-order valence-electron chi connectivity index (χ0n) is 15.7. The third-order valence-electron chi connectivity index (χ3n) is 4.72. The number of phenols is 1. The molecule has 28 heavy (non-hydrogen) atoms. The minimum atomic E-state index is -1.75. The van der Waals surface area contributed by atoms with Crippen LogP contribution >= 0.6 is 0 Å². The van der Waals surface area contributed by atoms with Crippen LogP contribution in [-0.4, -0.2) is 46.7 Å². The number of ketones is 1. The summed E-state index contributed by atoms with van der Waals surface area (Å²) in [4.78, 5) is 38.1. The highest BCUT2D eigenvalue weighted by Crippen LogP contribution is 2.47. The van der Waals surface area contributed by atoms with Crippen molar-refractivity contribution in [2.24, 2.45) is 11.8 Å². The van der Waals surface area contributed by atoms with Crippen LogP contribution in [0.3, 0.4) is 0 Å². The Morgan fingerprint density at radius 1 is 1.21 bits per heavy atom. The van der Waals surface area contributed by atoms with Gasteiger partial charge in [0.25, 0.3) is 0 Å². The van der Waals surface area contributed by atoms with Gasteiger partial charge < -0.3 is 19.7 Å². The topological polar surface area (TPSA) is 110 Å². The van der Waals surface area contributed by atoms with Crippen LogP contribution in [0.15, 0.2) is 49.6 Å². The molecule has 1 saturated carbocycles. The Balaban J connectivity index is 2.58. The van der Waals surface area contributed by atoms with E-state index in [4.69, 9.17) is 9.47 Å². The van der Waals surface area contributed by atoms with Crippen LogP contribution < -0.4 is 0 Å². The number of hydrogen-bond donors (Lipinski definition) is 2. The lowest BCUT2D eigenvalue weighted by atomic mass is 9.61. The summed E-state index contributed by atoms with van der Waals surface area (Å²) in [7, 11) is 0. The van der Waals surface area contributed by atoms with Crippen molar-refractivity contribution in [3.05, 3.63) is 55.1 Å². The summed E-state index contributed by atoms with van der Waals surface area (Å²) in [5, 5.41) is 20.7. The number of benzene rings is 1. The van der Waals surface area contributed by atoms with Crippen LogP contribution in [0.4, 0.5) is 0 Å². The molecule has 0 aromatic heterocycles. The second-order valence-electron chi connectivity index (χ2n) is 6.91. The molecule has 0 bridgehead atoms. The van der Waals surface area contributed by atoms with Gasteiger partial charge in [0.05, 0.1) is 11.5 Å². The van der Waals surface area contributed by atoms with Gasteiger partial charge in [-0.2, -0.15) is 0 Å². The normalized spacial score (nSPS) is 26.9. The highest BCUT2D eigenvalue weighted by atomic mass is 16.5. The quantitative estimate of drug-likeness (QED) is 0.417. The molecule has 0 amide bonds. The molecule has 2 rings (SSSR count). The Hall–Kier alpha value is -2.93. The van der Waals surface area contributed by atoms with Crippen LogP contribution in [0.2, 0.25) is 0 Å². The van der Waals surface area contributed by atoms with E-state index in [2.05, 4.69) is 13.2 Å². The summed E-state index contributed by atoms with van der Waals surface area (Å²) in [6.45, 7) is 8.12. The largest absolute Gasteiger partial charge is 0.508 e. The lowest BCUT2D eigenvalue weighted by molar-refractivity contribution is -0.172. The summed E-state index contributed by atoms with van der Waals surface area (Å²) >= 11 is 0. The van der Waals surface area contributed by atoms with Crippen molar-refractivity contribution in [3.63, 3.8) is 0 Å². The second kappa shape index (κ2) is 8.84. The molecule has 1 aromatic rings. The maximum Gasteiger partial charge on any atom is 0.317 e. The van der Waals surface area contributed by atoms with Gasteiger partial charge in [0, 0.05) is 12.3 Å². The van der Waals surface area contributed by atoms with Crippen LogP contribution in [-0.2, 0) is 23.9 Å². The van der Waals surface area contributed by atoms with Gasteiger partial charge in [0.15, 0.2) is 5.78 Å². The van der Waals surface area contributed by atoms with Crippen molar-refractivity contribution in [1.29, 1.82) is 0 Å². The number of Topliss-reactive ketones (excluding diaryl/α,β-unsaturated/α-hetero) is 1. The van der Waals surface area contributed by atoms with Crippen molar-refractivity contribution in [2.75, 3.05) is 13.2 Å². The second-order valence-corrected chi connectivity index (χ2v) is 6.91. The van der Waals surface area contributed by atoms with E-state index >= 15 is 0 Å². The van der Waals surface area contributed by atoms with E-state index in [1.165, 1.54) is 37.3 Å². The first kappa shape index (κ1) is 21.4. The van der Waals surface area contributed by atoms with E-state index < -0.39 is 47.5 Å². The summed E-state index contributed by atoms with van der Waals surface area (Å²) in [5.41, 5.74) is -1.41. The van der Waals surface area contributed by atoms with Crippen LogP contribution in [0.25, 0.3) is 0 Å². The average Bonchev–Trinajstić information content (AvgIpc) is 2.62. The molecule has 1 aromatic carbocycles. The highest BCUT2D eigenvalue weighted by Gasteiger charge is 2.57. The smallest absolute Gasteiger partial charge is 0.317 e. The molecule has 150 valence electrons. The molecule has 4 atom stereocenters. The summed E-state index contributed by atoms with van der Waals surface area (Å²) < 4.78 is 10.2. The van der Waals surface area contributed by atoms with Crippen molar-refractivity contribution in [1.82, 2.24) is 0 Å². The Morgan fingerprint density at radius 2 is 1.82 bits per heavy atom. The number of rotatable bonds is 7. The van der Waals surface area contributed by atoms with Gasteiger partial charge in [-0.05, 0) is 24.6 Å². The molecular formula is C21H24O7. The van der Waals surface area contributed by atoms with E-state index in [1.807, 2.05) is 0 Å². The Bertz CT molecular complexity index is 781. The lowest BCUT2D eigenvalue weighted by Crippen LogP contribution is -2.55. The van der Waals surface area contributed by atoms with Crippen LogP contribution in [0, 0.1) is 11.8 Å². The molecule has 0 aliphatic heterocycles. The summed E-state index contributed by atoms with van der Waals surface area (Å²) in [5.74, 6) is -5.89. The van der Waals surface area contributed by atoms with E-state index in [-0.39, 0.29) is 19.0 Å². The molecule has 0 saturated heterocycles.